The summed E-state index contributed by atoms with van der Waals surface area (Å²) in [5.74, 6) is 0.00121. The number of hydrogen-bond donors (Lipinski definition) is 1. The molecule has 0 aliphatic rings. The van der Waals surface area contributed by atoms with Crippen molar-refractivity contribution < 1.29 is 22.6 Å². The largest absolute Gasteiger partial charge is 0.493 e. The number of alkyl halides is 3. The number of benzene rings is 2. The molecule has 34 heavy (non-hydrogen) atoms. The maximum atomic E-state index is 13.7. The minimum atomic E-state index is -4.56. The standard InChI is InChI=1S/C25H30F3N3O2S/c1-3-8-17(2)22(29)24-31-30-23(34-24)19-11-12-21(20(15-19)25(26,27)28)33-14-7-13-32-16-18-9-5-4-6-10-18/h4-6,9-12,15,17,22H,3,7-8,13-14,16,29H2,1-2H3. The van der Waals surface area contributed by atoms with Crippen LogP contribution in [0.3, 0.4) is 0 Å². The molecule has 0 saturated heterocycles. The molecule has 0 spiro atoms. The number of aromatic nitrogens is 2. The first-order valence-corrected chi connectivity index (χ1v) is 12.2. The van der Waals surface area contributed by atoms with Crippen molar-refractivity contribution in [2.75, 3.05) is 13.2 Å². The maximum Gasteiger partial charge on any atom is 0.419 e. The van der Waals surface area contributed by atoms with Crippen molar-refractivity contribution >= 4 is 11.3 Å². The molecule has 0 radical (unpaired) electrons. The number of rotatable bonds is 12. The molecule has 184 valence electrons. The Balaban J connectivity index is 1.62. The van der Waals surface area contributed by atoms with E-state index in [0.29, 0.717) is 35.2 Å². The lowest BCUT2D eigenvalue weighted by Gasteiger charge is -2.16. The number of halogens is 3. The fourth-order valence-corrected chi connectivity index (χ4v) is 4.46. The molecule has 2 aromatic carbocycles. The summed E-state index contributed by atoms with van der Waals surface area (Å²) in [5, 5.41) is 9.24. The molecule has 0 fully saturated rings. The van der Waals surface area contributed by atoms with E-state index in [1.165, 1.54) is 17.4 Å². The van der Waals surface area contributed by atoms with Crippen LogP contribution in [0.1, 0.15) is 55.3 Å². The third-order valence-electron chi connectivity index (χ3n) is 5.42. The summed E-state index contributed by atoms with van der Waals surface area (Å²) in [5.41, 5.74) is 6.80. The lowest BCUT2D eigenvalue weighted by Crippen LogP contribution is -2.18. The van der Waals surface area contributed by atoms with Crippen LogP contribution < -0.4 is 10.5 Å². The summed E-state index contributed by atoms with van der Waals surface area (Å²) in [6, 6.07) is 13.4. The molecule has 1 aromatic heterocycles. The van der Waals surface area contributed by atoms with Gasteiger partial charge in [-0.05, 0) is 36.1 Å². The molecule has 0 amide bonds. The lowest BCUT2D eigenvalue weighted by atomic mass is 9.98. The number of nitrogens with two attached hydrogens (primary N) is 1. The van der Waals surface area contributed by atoms with Crippen LogP contribution in [-0.2, 0) is 17.5 Å². The van der Waals surface area contributed by atoms with Gasteiger partial charge in [0.15, 0.2) is 0 Å². The summed E-state index contributed by atoms with van der Waals surface area (Å²) in [6.07, 6.45) is -2.15. The highest BCUT2D eigenvalue weighted by molar-refractivity contribution is 7.14. The summed E-state index contributed by atoms with van der Waals surface area (Å²) in [7, 11) is 0. The third kappa shape index (κ3) is 7.25. The Morgan fingerprint density at radius 2 is 1.82 bits per heavy atom. The predicted molar refractivity (Wildman–Crippen MR) is 128 cm³/mol. The van der Waals surface area contributed by atoms with Crippen molar-refractivity contribution in [2.24, 2.45) is 11.7 Å². The molecule has 2 unspecified atom stereocenters. The third-order valence-corrected chi connectivity index (χ3v) is 6.49. The minimum absolute atomic E-state index is 0.115. The van der Waals surface area contributed by atoms with Gasteiger partial charge in [-0.1, -0.05) is 61.9 Å². The molecule has 3 aromatic rings. The highest BCUT2D eigenvalue weighted by Crippen LogP contribution is 2.40. The molecule has 0 saturated carbocycles. The van der Waals surface area contributed by atoms with Crippen molar-refractivity contribution in [1.82, 2.24) is 10.2 Å². The van der Waals surface area contributed by atoms with Crippen LogP contribution in [0.2, 0.25) is 0 Å². The van der Waals surface area contributed by atoms with Crippen molar-refractivity contribution in [3.05, 3.63) is 64.7 Å². The first-order chi connectivity index (χ1) is 16.3. The number of ether oxygens (including phenoxy) is 2. The van der Waals surface area contributed by atoms with E-state index < -0.39 is 11.7 Å². The summed E-state index contributed by atoms with van der Waals surface area (Å²) in [4.78, 5) is 0. The number of hydrogen-bond acceptors (Lipinski definition) is 6. The topological polar surface area (TPSA) is 70.3 Å². The second-order valence-corrected chi connectivity index (χ2v) is 9.20. The second-order valence-electron chi connectivity index (χ2n) is 8.19. The summed E-state index contributed by atoms with van der Waals surface area (Å²) < 4.78 is 52.2. The van der Waals surface area contributed by atoms with Crippen LogP contribution >= 0.6 is 11.3 Å². The Morgan fingerprint density at radius 1 is 1.06 bits per heavy atom. The van der Waals surface area contributed by atoms with Gasteiger partial charge in [-0.25, -0.2) is 0 Å². The van der Waals surface area contributed by atoms with Gasteiger partial charge in [0, 0.05) is 12.0 Å². The van der Waals surface area contributed by atoms with E-state index in [1.54, 1.807) is 6.07 Å². The molecular formula is C25H30F3N3O2S. The normalized spacial score (nSPS) is 13.6. The van der Waals surface area contributed by atoms with Crippen molar-refractivity contribution in [1.29, 1.82) is 0 Å². The molecule has 0 aliphatic heterocycles. The fourth-order valence-electron chi connectivity index (χ4n) is 3.48. The van der Waals surface area contributed by atoms with Gasteiger partial charge in [0.2, 0.25) is 0 Å². The SMILES string of the molecule is CCCC(C)C(N)c1nnc(-c2ccc(OCCCOCc3ccccc3)c(C(F)(F)F)c2)s1. The van der Waals surface area contributed by atoms with Gasteiger partial charge < -0.3 is 15.2 Å². The Bertz CT molecular complexity index is 1030. The average molecular weight is 494 g/mol. The van der Waals surface area contributed by atoms with Crippen molar-refractivity contribution in [3.63, 3.8) is 0 Å². The van der Waals surface area contributed by atoms with E-state index in [-0.39, 0.29) is 24.3 Å². The first kappa shape index (κ1) is 26.1. The molecule has 2 atom stereocenters. The summed E-state index contributed by atoms with van der Waals surface area (Å²) >= 11 is 1.23. The Morgan fingerprint density at radius 3 is 2.53 bits per heavy atom. The van der Waals surface area contributed by atoms with E-state index in [9.17, 15) is 13.2 Å². The zero-order valence-corrected chi connectivity index (χ0v) is 20.2. The lowest BCUT2D eigenvalue weighted by molar-refractivity contribution is -0.138. The minimum Gasteiger partial charge on any atom is -0.493 e. The molecule has 0 bridgehead atoms. The fraction of sp³-hybridized carbons (Fsp3) is 0.440. The zero-order valence-electron chi connectivity index (χ0n) is 19.3. The molecule has 5 nitrogen and oxygen atoms in total. The van der Waals surface area contributed by atoms with E-state index in [0.717, 1.165) is 24.5 Å². The van der Waals surface area contributed by atoms with Gasteiger partial charge >= 0.3 is 6.18 Å². The summed E-state index contributed by atoms with van der Waals surface area (Å²) in [6.45, 7) is 5.07. The van der Waals surface area contributed by atoms with Gasteiger partial charge in [-0.2, -0.15) is 13.2 Å². The van der Waals surface area contributed by atoms with Crippen molar-refractivity contribution in [3.8, 4) is 16.3 Å². The van der Waals surface area contributed by atoms with Crippen LogP contribution in [0.4, 0.5) is 13.2 Å². The van der Waals surface area contributed by atoms with Crippen LogP contribution in [0.15, 0.2) is 48.5 Å². The maximum absolute atomic E-state index is 13.7. The smallest absolute Gasteiger partial charge is 0.419 e. The van der Waals surface area contributed by atoms with Gasteiger partial charge in [0.1, 0.15) is 15.8 Å². The molecular weight excluding hydrogens is 463 g/mol. The van der Waals surface area contributed by atoms with Crippen LogP contribution in [-0.4, -0.2) is 23.4 Å². The molecule has 0 aliphatic carbocycles. The van der Waals surface area contributed by atoms with E-state index >= 15 is 0 Å². The van der Waals surface area contributed by atoms with Crippen molar-refractivity contribution in [2.45, 2.75) is 51.9 Å². The Labute approximate surface area is 202 Å². The van der Waals surface area contributed by atoms with Crippen LogP contribution in [0.5, 0.6) is 5.75 Å². The van der Waals surface area contributed by atoms with E-state index in [4.69, 9.17) is 15.2 Å². The van der Waals surface area contributed by atoms with Crippen LogP contribution in [0.25, 0.3) is 10.6 Å². The predicted octanol–water partition coefficient (Wildman–Crippen LogP) is 6.65. The monoisotopic (exact) mass is 493 g/mol. The molecule has 3 rings (SSSR count). The highest BCUT2D eigenvalue weighted by Gasteiger charge is 2.35. The molecule has 9 heteroatoms. The highest BCUT2D eigenvalue weighted by atomic mass is 32.1. The van der Waals surface area contributed by atoms with Crippen LogP contribution in [0, 0.1) is 5.92 Å². The quantitative estimate of drug-likeness (QED) is 0.286. The van der Waals surface area contributed by atoms with E-state index in [1.807, 2.05) is 37.3 Å². The van der Waals surface area contributed by atoms with Gasteiger partial charge in [-0.3, -0.25) is 0 Å². The second kappa shape index (κ2) is 12.3. The molecule has 2 N–H and O–H groups in total. The number of nitrogens with zero attached hydrogens (tertiary/aromatic N) is 2. The van der Waals surface area contributed by atoms with Gasteiger partial charge in [0.05, 0.1) is 31.4 Å². The molecule has 1 heterocycles. The van der Waals surface area contributed by atoms with Gasteiger partial charge in [-0.15, -0.1) is 10.2 Å². The van der Waals surface area contributed by atoms with Gasteiger partial charge in [0.25, 0.3) is 0 Å². The Hall–Kier alpha value is -2.49. The average Bonchev–Trinajstić information content (AvgIpc) is 3.31. The Kier molecular flexibility index (Phi) is 9.44. The zero-order chi connectivity index (χ0) is 24.6. The van der Waals surface area contributed by atoms with E-state index in [2.05, 4.69) is 17.1 Å². The first-order valence-electron chi connectivity index (χ1n) is 11.3.